The molecule has 0 fully saturated rings. The highest BCUT2D eigenvalue weighted by atomic mass is 16.2. The van der Waals surface area contributed by atoms with Crippen LogP contribution in [0.5, 0.6) is 0 Å². The van der Waals surface area contributed by atoms with E-state index in [1.807, 2.05) is 6.92 Å². The topological polar surface area (TPSA) is 124 Å². The van der Waals surface area contributed by atoms with Crippen LogP contribution in [0.15, 0.2) is 39.7 Å². The van der Waals surface area contributed by atoms with Gasteiger partial charge < -0.3 is 10.6 Å². The van der Waals surface area contributed by atoms with E-state index < -0.39 is 29.5 Å². The third kappa shape index (κ3) is 5.16. The second-order valence-corrected chi connectivity index (χ2v) is 5.36. The summed E-state index contributed by atoms with van der Waals surface area (Å²) in [4.78, 5) is 60.4. The number of carbonyl (C=O) groups is 2. The van der Waals surface area contributed by atoms with Crippen molar-refractivity contribution in [2.24, 2.45) is 0 Å². The predicted octanol–water partition coefficient (Wildman–Crippen LogP) is -1.81. The van der Waals surface area contributed by atoms with Crippen LogP contribution in [-0.4, -0.2) is 38.6 Å². The average Bonchev–Trinajstić information content (AvgIpc) is 2.62. The molecule has 1 heterocycles. The lowest BCUT2D eigenvalue weighted by Crippen LogP contribution is -2.55. The molecule has 2 amide bonds. The van der Waals surface area contributed by atoms with Crippen LogP contribution < -0.4 is 27.7 Å². The number of hydrogen-bond donors (Lipinski definition) is 2. The van der Waals surface area contributed by atoms with Crippen LogP contribution in [0.25, 0.3) is 0 Å². The minimum atomic E-state index is -0.925. The first kappa shape index (κ1) is 20.9. The fraction of sp³-hybridized carbons (Fsp3) is 0.438. The lowest BCUT2D eigenvalue weighted by Gasteiger charge is -2.12. The van der Waals surface area contributed by atoms with E-state index in [0.29, 0.717) is 11.1 Å². The van der Waals surface area contributed by atoms with Crippen molar-refractivity contribution in [2.45, 2.75) is 33.0 Å². The molecule has 0 atom stereocenters. The molecule has 1 aromatic rings. The summed E-state index contributed by atoms with van der Waals surface area (Å²) in [5, 5.41) is 4.90. The van der Waals surface area contributed by atoms with Crippen molar-refractivity contribution < 1.29 is 9.59 Å². The number of nitrogens with one attached hydrogen (secondary N) is 2. The molecule has 0 aliphatic rings. The largest absolute Gasteiger partial charge is 0.355 e. The smallest absolute Gasteiger partial charge is 0.337 e. The summed E-state index contributed by atoms with van der Waals surface area (Å²) in [5.74, 6) is -1.09. The highest BCUT2D eigenvalue weighted by Gasteiger charge is 2.16. The van der Waals surface area contributed by atoms with E-state index in [9.17, 15) is 24.0 Å². The average molecular weight is 365 g/mol. The molecule has 0 saturated carbocycles. The number of nitrogens with zero attached hydrogens (tertiary/aromatic N) is 3. The number of allylic oxidation sites excluding steroid dienone is 2. The molecule has 10 nitrogen and oxygen atoms in total. The van der Waals surface area contributed by atoms with Crippen molar-refractivity contribution in [3.63, 3.8) is 0 Å². The van der Waals surface area contributed by atoms with E-state index in [2.05, 4.69) is 23.8 Å². The summed E-state index contributed by atoms with van der Waals surface area (Å²) in [7, 11) is 0. The summed E-state index contributed by atoms with van der Waals surface area (Å²) in [5.41, 5.74) is -2.66. The van der Waals surface area contributed by atoms with Crippen LogP contribution in [0.4, 0.5) is 0 Å². The van der Waals surface area contributed by atoms with E-state index in [0.717, 1.165) is 15.6 Å². The number of amides is 2. The fourth-order valence-electron chi connectivity index (χ4n) is 2.09. The molecule has 0 saturated heterocycles. The number of aromatic nitrogens is 3. The van der Waals surface area contributed by atoms with Crippen LogP contribution in [-0.2, 0) is 29.2 Å². The molecule has 142 valence electrons. The number of carbonyl (C=O) groups excluding carboxylic acids is 2. The van der Waals surface area contributed by atoms with Gasteiger partial charge in [0.1, 0.15) is 6.54 Å². The van der Waals surface area contributed by atoms with Gasteiger partial charge in [-0.1, -0.05) is 19.1 Å². The Bertz CT molecular complexity index is 813. The standard InChI is InChI=1S/C16H23N5O5/c1-4-7-17-12(22)10-18-13(23)11-21-15(25)19(8-5-2)14(24)20(9-6-3)16(21)26/h5-6H,2-4,7-11H2,1H3,(H,17,22)(H,18,23). The zero-order valence-corrected chi connectivity index (χ0v) is 14.7. The van der Waals surface area contributed by atoms with Crippen molar-refractivity contribution in [2.75, 3.05) is 13.1 Å². The van der Waals surface area contributed by atoms with E-state index >= 15 is 0 Å². The van der Waals surface area contributed by atoms with Gasteiger partial charge in [-0.25, -0.2) is 28.1 Å². The molecule has 0 aliphatic carbocycles. The molecule has 2 N–H and O–H groups in total. The van der Waals surface area contributed by atoms with Gasteiger partial charge in [-0.15, -0.1) is 13.2 Å². The minimum absolute atomic E-state index is 0.115. The number of hydrogen-bond acceptors (Lipinski definition) is 5. The van der Waals surface area contributed by atoms with Crippen LogP contribution in [0.2, 0.25) is 0 Å². The maximum Gasteiger partial charge on any atom is 0.337 e. The Hall–Kier alpha value is -3.17. The second-order valence-electron chi connectivity index (χ2n) is 5.36. The third-order valence-corrected chi connectivity index (χ3v) is 3.33. The quantitative estimate of drug-likeness (QED) is 0.473. The molecular formula is C16H23N5O5. The van der Waals surface area contributed by atoms with E-state index in [4.69, 9.17) is 0 Å². The van der Waals surface area contributed by atoms with Gasteiger partial charge in [0.25, 0.3) is 0 Å². The molecule has 0 aliphatic heterocycles. The Morgan fingerprint density at radius 2 is 1.38 bits per heavy atom. The second kappa shape index (κ2) is 9.97. The Labute approximate surface area is 149 Å². The molecule has 0 unspecified atom stereocenters. The molecular weight excluding hydrogens is 342 g/mol. The van der Waals surface area contributed by atoms with Crippen molar-refractivity contribution in [3.05, 3.63) is 56.8 Å². The Kier molecular flexibility index (Phi) is 8.00. The number of rotatable bonds is 10. The van der Waals surface area contributed by atoms with Gasteiger partial charge in [0.05, 0.1) is 19.6 Å². The predicted molar refractivity (Wildman–Crippen MR) is 95.9 cm³/mol. The van der Waals surface area contributed by atoms with Crippen LogP contribution in [0.1, 0.15) is 13.3 Å². The van der Waals surface area contributed by atoms with Crippen molar-refractivity contribution in [3.8, 4) is 0 Å². The van der Waals surface area contributed by atoms with Crippen molar-refractivity contribution in [1.82, 2.24) is 24.3 Å². The molecule has 0 spiro atoms. The van der Waals surface area contributed by atoms with Gasteiger partial charge in [-0.2, -0.15) is 0 Å². The van der Waals surface area contributed by atoms with Crippen LogP contribution in [0.3, 0.4) is 0 Å². The molecule has 1 rings (SSSR count). The van der Waals surface area contributed by atoms with Gasteiger partial charge in [0.2, 0.25) is 11.8 Å². The minimum Gasteiger partial charge on any atom is -0.355 e. The fourth-order valence-corrected chi connectivity index (χ4v) is 2.09. The lowest BCUT2D eigenvalue weighted by molar-refractivity contribution is -0.126. The maximum absolute atomic E-state index is 12.4. The highest BCUT2D eigenvalue weighted by molar-refractivity contribution is 5.84. The Balaban J connectivity index is 3.10. The summed E-state index contributed by atoms with van der Waals surface area (Å²) in [6.07, 6.45) is 3.41. The first-order valence-corrected chi connectivity index (χ1v) is 8.07. The van der Waals surface area contributed by atoms with Gasteiger partial charge in [0, 0.05) is 6.54 Å². The van der Waals surface area contributed by atoms with Crippen molar-refractivity contribution in [1.29, 1.82) is 0 Å². The van der Waals surface area contributed by atoms with Gasteiger partial charge in [-0.05, 0) is 6.42 Å². The van der Waals surface area contributed by atoms with Gasteiger partial charge in [-0.3, -0.25) is 9.59 Å². The normalized spacial score (nSPS) is 10.2. The molecule has 0 radical (unpaired) electrons. The molecule has 1 aromatic heterocycles. The molecule has 10 heteroatoms. The van der Waals surface area contributed by atoms with E-state index in [-0.39, 0.29) is 25.5 Å². The molecule has 0 aromatic carbocycles. The zero-order chi connectivity index (χ0) is 19.7. The summed E-state index contributed by atoms with van der Waals surface area (Å²) >= 11 is 0. The lowest BCUT2D eigenvalue weighted by atomic mass is 10.4. The first-order chi connectivity index (χ1) is 12.4. The van der Waals surface area contributed by atoms with Crippen molar-refractivity contribution >= 4 is 11.8 Å². The Morgan fingerprint density at radius 1 is 0.885 bits per heavy atom. The maximum atomic E-state index is 12.4. The van der Waals surface area contributed by atoms with E-state index in [1.165, 1.54) is 12.2 Å². The van der Waals surface area contributed by atoms with Gasteiger partial charge >= 0.3 is 17.1 Å². The SMILES string of the molecule is C=CCn1c(=O)n(CC=C)c(=O)n(CC(=O)NCC(=O)NCCC)c1=O. The molecule has 26 heavy (non-hydrogen) atoms. The van der Waals surface area contributed by atoms with Crippen LogP contribution >= 0.6 is 0 Å². The van der Waals surface area contributed by atoms with Gasteiger partial charge in [0.15, 0.2) is 0 Å². The summed E-state index contributed by atoms with van der Waals surface area (Å²) < 4.78 is 2.21. The third-order valence-electron chi connectivity index (χ3n) is 3.33. The molecule has 0 bridgehead atoms. The first-order valence-electron chi connectivity index (χ1n) is 8.07. The zero-order valence-electron chi connectivity index (χ0n) is 14.7. The Morgan fingerprint density at radius 3 is 1.85 bits per heavy atom. The summed E-state index contributed by atoms with van der Waals surface area (Å²) in [6, 6.07) is 0. The highest BCUT2D eigenvalue weighted by Crippen LogP contribution is 1.81. The summed E-state index contributed by atoms with van der Waals surface area (Å²) in [6.45, 7) is 8.16. The van der Waals surface area contributed by atoms with E-state index in [1.54, 1.807) is 0 Å². The van der Waals surface area contributed by atoms with Crippen LogP contribution in [0, 0.1) is 0 Å². The monoisotopic (exact) mass is 365 g/mol.